The SMILES string of the molecule is O=S1(=O)CCC(Nc2cnccn2)CC1. The molecule has 0 spiro atoms. The minimum Gasteiger partial charge on any atom is -0.366 e. The summed E-state index contributed by atoms with van der Waals surface area (Å²) in [6, 6.07) is 0.199. The van der Waals surface area contributed by atoms with Gasteiger partial charge in [-0.2, -0.15) is 0 Å². The fourth-order valence-electron chi connectivity index (χ4n) is 1.62. The Hall–Kier alpha value is -1.17. The lowest BCUT2D eigenvalue weighted by atomic mass is 10.1. The van der Waals surface area contributed by atoms with Crippen molar-refractivity contribution < 1.29 is 8.42 Å². The minimum absolute atomic E-state index is 0.199. The van der Waals surface area contributed by atoms with E-state index < -0.39 is 9.84 Å². The smallest absolute Gasteiger partial charge is 0.150 e. The van der Waals surface area contributed by atoms with Crippen LogP contribution in [-0.2, 0) is 9.84 Å². The molecule has 1 N–H and O–H groups in total. The lowest BCUT2D eigenvalue weighted by Gasteiger charge is -2.23. The average molecular weight is 227 g/mol. The Morgan fingerprint density at radius 3 is 2.60 bits per heavy atom. The van der Waals surface area contributed by atoms with Gasteiger partial charge >= 0.3 is 0 Å². The van der Waals surface area contributed by atoms with Crippen molar-refractivity contribution in [1.82, 2.24) is 9.97 Å². The van der Waals surface area contributed by atoms with Crippen LogP contribution in [0.2, 0.25) is 0 Å². The highest BCUT2D eigenvalue weighted by molar-refractivity contribution is 7.91. The van der Waals surface area contributed by atoms with E-state index in [1.54, 1.807) is 18.6 Å². The van der Waals surface area contributed by atoms with Crippen molar-refractivity contribution in [1.29, 1.82) is 0 Å². The van der Waals surface area contributed by atoms with Crippen molar-refractivity contribution >= 4 is 15.7 Å². The summed E-state index contributed by atoms with van der Waals surface area (Å²) in [7, 11) is -2.78. The second-order valence-corrected chi connectivity index (χ2v) is 5.96. The first kappa shape index (κ1) is 10.4. The molecule has 0 bridgehead atoms. The van der Waals surface area contributed by atoms with Crippen LogP contribution in [0.5, 0.6) is 0 Å². The fourth-order valence-corrected chi connectivity index (χ4v) is 3.11. The first-order valence-electron chi connectivity index (χ1n) is 4.89. The van der Waals surface area contributed by atoms with E-state index in [1.165, 1.54) is 0 Å². The van der Waals surface area contributed by atoms with E-state index in [0.29, 0.717) is 18.7 Å². The Balaban J connectivity index is 1.93. The number of hydrogen-bond acceptors (Lipinski definition) is 5. The quantitative estimate of drug-likeness (QED) is 0.795. The molecule has 0 aromatic carbocycles. The Morgan fingerprint density at radius 1 is 1.27 bits per heavy atom. The van der Waals surface area contributed by atoms with Gasteiger partial charge in [0, 0.05) is 18.4 Å². The molecule has 0 unspecified atom stereocenters. The van der Waals surface area contributed by atoms with Crippen LogP contribution in [0.4, 0.5) is 5.82 Å². The van der Waals surface area contributed by atoms with Crippen LogP contribution in [0.15, 0.2) is 18.6 Å². The number of hydrogen-bond donors (Lipinski definition) is 1. The van der Waals surface area contributed by atoms with E-state index in [2.05, 4.69) is 15.3 Å². The fraction of sp³-hybridized carbons (Fsp3) is 0.556. The third-order valence-corrected chi connectivity index (χ3v) is 4.19. The molecular weight excluding hydrogens is 214 g/mol. The van der Waals surface area contributed by atoms with E-state index >= 15 is 0 Å². The minimum atomic E-state index is -2.78. The van der Waals surface area contributed by atoms with Crippen LogP contribution in [0, 0.1) is 0 Å². The summed E-state index contributed by atoms with van der Waals surface area (Å²) in [6.07, 6.45) is 6.17. The lowest BCUT2D eigenvalue weighted by Crippen LogP contribution is -2.32. The standard InChI is InChI=1S/C9H13N3O2S/c13-15(14)5-1-8(2-6-15)12-9-7-10-3-4-11-9/h3-4,7-8H,1-2,5-6H2,(H,11,12). The van der Waals surface area contributed by atoms with Gasteiger partial charge in [-0.05, 0) is 12.8 Å². The van der Waals surface area contributed by atoms with Crippen molar-refractivity contribution in [3.63, 3.8) is 0 Å². The summed E-state index contributed by atoms with van der Waals surface area (Å²) in [5, 5.41) is 3.18. The maximum atomic E-state index is 11.2. The van der Waals surface area contributed by atoms with Crippen molar-refractivity contribution in [3.8, 4) is 0 Å². The molecule has 1 fully saturated rings. The zero-order valence-electron chi connectivity index (χ0n) is 8.26. The third-order valence-electron chi connectivity index (χ3n) is 2.47. The van der Waals surface area contributed by atoms with Gasteiger partial charge in [-0.3, -0.25) is 4.98 Å². The zero-order chi connectivity index (χ0) is 10.7. The summed E-state index contributed by atoms with van der Waals surface area (Å²) < 4.78 is 22.4. The molecule has 82 valence electrons. The van der Waals surface area contributed by atoms with E-state index in [1.807, 2.05) is 0 Å². The summed E-state index contributed by atoms with van der Waals surface area (Å²) >= 11 is 0. The number of aromatic nitrogens is 2. The zero-order valence-corrected chi connectivity index (χ0v) is 9.07. The predicted octanol–water partition coefficient (Wildman–Crippen LogP) is 0.466. The second-order valence-electron chi connectivity index (χ2n) is 3.66. The molecule has 1 aliphatic heterocycles. The van der Waals surface area contributed by atoms with Gasteiger partial charge < -0.3 is 5.32 Å². The number of sulfone groups is 1. The molecule has 1 aliphatic rings. The summed E-state index contributed by atoms with van der Waals surface area (Å²) in [5.74, 6) is 1.25. The second kappa shape index (κ2) is 4.14. The van der Waals surface area contributed by atoms with Crippen molar-refractivity contribution in [3.05, 3.63) is 18.6 Å². The van der Waals surface area contributed by atoms with Gasteiger partial charge in [0.05, 0.1) is 17.7 Å². The first-order valence-corrected chi connectivity index (χ1v) is 6.71. The Morgan fingerprint density at radius 2 is 2.00 bits per heavy atom. The largest absolute Gasteiger partial charge is 0.366 e. The van der Waals surface area contributed by atoms with Crippen LogP contribution in [0.3, 0.4) is 0 Å². The Kier molecular flexibility index (Phi) is 2.86. The van der Waals surface area contributed by atoms with Gasteiger partial charge in [0.25, 0.3) is 0 Å². The van der Waals surface area contributed by atoms with Crippen LogP contribution >= 0.6 is 0 Å². The maximum Gasteiger partial charge on any atom is 0.150 e. The predicted molar refractivity (Wildman–Crippen MR) is 57.3 cm³/mol. The number of anilines is 1. The van der Waals surface area contributed by atoms with Gasteiger partial charge in [-0.1, -0.05) is 0 Å². The summed E-state index contributed by atoms with van der Waals surface area (Å²) in [4.78, 5) is 8.02. The molecule has 0 radical (unpaired) electrons. The van der Waals surface area contributed by atoms with Crippen LogP contribution in [0.25, 0.3) is 0 Å². The Labute approximate surface area is 88.9 Å². The molecule has 0 amide bonds. The third kappa shape index (κ3) is 2.89. The normalized spacial score (nSPS) is 21.1. The van der Waals surface area contributed by atoms with Crippen LogP contribution in [0.1, 0.15) is 12.8 Å². The summed E-state index contributed by atoms with van der Waals surface area (Å²) in [6.45, 7) is 0. The van der Waals surface area contributed by atoms with Crippen LogP contribution in [-0.4, -0.2) is 35.9 Å². The van der Waals surface area contributed by atoms with E-state index in [9.17, 15) is 8.42 Å². The number of rotatable bonds is 2. The molecule has 0 atom stereocenters. The number of nitrogens with zero attached hydrogens (tertiary/aromatic N) is 2. The monoisotopic (exact) mass is 227 g/mol. The van der Waals surface area contributed by atoms with Crippen molar-refractivity contribution in [2.75, 3.05) is 16.8 Å². The molecule has 1 aromatic heterocycles. The van der Waals surface area contributed by atoms with Crippen molar-refractivity contribution in [2.24, 2.45) is 0 Å². The molecule has 6 heteroatoms. The molecule has 0 saturated carbocycles. The van der Waals surface area contributed by atoms with Gasteiger partial charge in [0.2, 0.25) is 0 Å². The average Bonchev–Trinajstić information content (AvgIpc) is 2.23. The van der Waals surface area contributed by atoms with E-state index in [4.69, 9.17) is 0 Å². The molecule has 15 heavy (non-hydrogen) atoms. The molecule has 1 saturated heterocycles. The maximum absolute atomic E-state index is 11.2. The highest BCUT2D eigenvalue weighted by atomic mass is 32.2. The molecule has 1 aromatic rings. The topological polar surface area (TPSA) is 72.0 Å². The molecule has 2 rings (SSSR count). The highest BCUT2D eigenvalue weighted by Crippen LogP contribution is 2.15. The van der Waals surface area contributed by atoms with Gasteiger partial charge in [-0.15, -0.1) is 0 Å². The highest BCUT2D eigenvalue weighted by Gasteiger charge is 2.23. The van der Waals surface area contributed by atoms with E-state index in [0.717, 1.165) is 0 Å². The lowest BCUT2D eigenvalue weighted by molar-refractivity contribution is 0.559. The first-order chi connectivity index (χ1) is 7.16. The Bertz CT molecular complexity index is 404. The molecule has 0 aliphatic carbocycles. The molecular formula is C9H13N3O2S. The van der Waals surface area contributed by atoms with Crippen LogP contribution < -0.4 is 5.32 Å². The molecule has 2 heterocycles. The van der Waals surface area contributed by atoms with E-state index in [-0.39, 0.29) is 17.5 Å². The number of nitrogens with one attached hydrogen (secondary N) is 1. The van der Waals surface area contributed by atoms with Gasteiger partial charge in [0.1, 0.15) is 15.7 Å². The van der Waals surface area contributed by atoms with Crippen molar-refractivity contribution in [2.45, 2.75) is 18.9 Å². The van der Waals surface area contributed by atoms with Gasteiger partial charge in [0.15, 0.2) is 0 Å². The summed E-state index contributed by atoms with van der Waals surface area (Å²) in [5.41, 5.74) is 0. The van der Waals surface area contributed by atoms with Gasteiger partial charge in [-0.25, -0.2) is 13.4 Å². The molecule has 5 nitrogen and oxygen atoms in total.